The number of aryl methyl sites for hydroxylation is 1. The molecule has 1 aliphatic carbocycles. The average molecular weight is 354 g/mol. The maximum atomic E-state index is 12.8. The first-order valence-electron chi connectivity index (χ1n) is 9.28. The summed E-state index contributed by atoms with van der Waals surface area (Å²) >= 11 is 0. The van der Waals surface area contributed by atoms with Gasteiger partial charge < -0.3 is 15.2 Å². The van der Waals surface area contributed by atoms with Gasteiger partial charge in [0.05, 0.1) is 5.56 Å². The number of carbonyl (C=O) groups is 1. The van der Waals surface area contributed by atoms with E-state index >= 15 is 0 Å². The minimum Gasteiger partial charge on any atom is -0.348 e. The normalized spacial score (nSPS) is 25.1. The van der Waals surface area contributed by atoms with E-state index in [9.17, 15) is 4.79 Å². The number of carbonyl (C=O) groups excluding carboxylic acids is 1. The second-order valence-electron chi connectivity index (χ2n) is 7.50. The van der Waals surface area contributed by atoms with Crippen LogP contribution in [0.5, 0.6) is 0 Å². The van der Waals surface area contributed by atoms with Gasteiger partial charge in [0, 0.05) is 30.0 Å². The number of nitrogens with zero attached hydrogens (tertiary/aromatic N) is 1. The minimum absolute atomic E-state index is 0. The fraction of sp³-hybridized carbons (Fsp3) is 0.737. The molecule has 2 N–H and O–H groups in total. The molecular weight excluding hydrogens is 322 g/mol. The molecule has 1 saturated heterocycles. The smallest absolute Gasteiger partial charge is 0.253 e. The van der Waals surface area contributed by atoms with Crippen molar-refractivity contribution in [2.75, 3.05) is 13.1 Å². The molecule has 0 radical (unpaired) electrons. The van der Waals surface area contributed by atoms with Crippen molar-refractivity contribution in [3.63, 3.8) is 0 Å². The van der Waals surface area contributed by atoms with Gasteiger partial charge in [0.15, 0.2) is 0 Å². The monoisotopic (exact) mass is 353 g/mol. The molecule has 2 unspecified atom stereocenters. The molecule has 1 aromatic heterocycles. The molecule has 136 valence electrons. The lowest BCUT2D eigenvalue weighted by Gasteiger charge is -2.30. The molecule has 2 fully saturated rings. The van der Waals surface area contributed by atoms with Gasteiger partial charge in [-0.1, -0.05) is 26.2 Å². The summed E-state index contributed by atoms with van der Waals surface area (Å²) in [6.07, 6.45) is 7.62. The van der Waals surface area contributed by atoms with Crippen LogP contribution >= 0.6 is 12.4 Å². The Bertz CT molecular complexity index is 563. The lowest BCUT2D eigenvalue weighted by atomic mass is 9.94. The molecule has 1 aliphatic heterocycles. The minimum atomic E-state index is 0. The van der Waals surface area contributed by atoms with E-state index in [0.717, 1.165) is 30.8 Å². The zero-order chi connectivity index (χ0) is 16.4. The second-order valence-corrected chi connectivity index (χ2v) is 7.50. The van der Waals surface area contributed by atoms with E-state index in [-0.39, 0.29) is 24.4 Å². The van der Waals surface area contributed by atoms with Gasteiger partial charge >= 0.3 is 0 Å². The van der Waals surface area contributed by atoms with Crippen LogP contribution in [-0.2, 0) is 0 Å². The first-order chi connectivity index (χ1) is 11.1. The summed E-state index contributed by atoms with van der Waals surface area (Å²) in [6, 6.07) is 2.91. The van der Waals surface area contributed by atoms with Crippen molar-refractivity contribution in [2.45, 2.75) is 71.4 Å². The molecule has 1 saturated carbocycles. The van der Waals surface area contributed by atoms with E-state index < -0.39 is 0 Å². The second kappa shape index (κ2) is 8.39. The Morgan fingerprint density at radius 1 is 1.21 bits per heavy atom. The van der Waals surface area contributed by atoms with Crippen molar-refractivity contribution in [1.82, 2.24) is 15.2 Å². The van der Waals surface area contributed by atoms with Gasteiger partial charge in [-0.05, 0) is 51.6 Å². The lowest BCUT2D eigenvalue weighted by molar-refractivity contribution is 0.0914. The Kier molecular flexibility index (Phi) is 6.76. The number of piperidine rings is 1. The predicted molar refractivity (Wildman–Crippen MR) is 101 cm³/mol. The lowest BCUT2D eigenvalue weighted by Crippen LogP contribution is -2.50. The highest BCUT2D eigenvalue weighted by molar-refractivity contribution is 5.96. The average Bonchev–Trinajstić information content (AvgIpc) is 2.85. The summed E-state index contributed by atoms with van der Waals surface area (Å²) in [6.45, 7) is 8.43. The maximum absolute atomic E-state index is 12.8. The van der Waals surface area contributed by atoms with Gasteiger partial charge in [0.1, 0.15) is 0 Å². The Balaban J connectivity index is 0.00000208. The summed E-state index contributed by atoms with van der Waals surface area (Å²) in [5, 5.41) is 6.64. The number of hydrogen-bond donors (Lipinski definition) is 2. The molecule has 2 atom stereocenters. The number of rotatable bonds is 3. The quantitative estimate of drug-likeness (QED) is 0.869. The van der Waals surface area contributed by atoms with Crippen LogP contribution < -0.4 is 10.6 Å². The molecule has 0 bridgehead atoms. The summed E-state index contributed by atoms with van der Waals surface area (Å²) in [4.78, 5) is 12.8. The molecule has 4 nitrogen and oxygen atoms in total. The number of nitrogens with one attached hydrogen (secondary N) is 2. The molecule has 1 amide bonds. The Morgan fingerprint density at radius 3 is 2.58 bits per heavy atom. The Labute approximate surface area is 152 Å². The maximum Gasteiger partial charge on any atom is 0.253 e. The first kappa shape index (κ1) is 19.3. The van der Waals surface area contributed by atoms with E-state index in [1.807, 2.05) is 0 Å². The Hall–Kier alpha value is -1.000. The topological polar surface area (TPSA) is 46.1 Å². The predicted octanol–water partition coefficient (Wildman–Crippen LogP) is 3.76. The molecule has 1 aromatic rings. The van der Waals surface area contributed by atoms with Crippen molar-refractivity contribution in [1.29, 1.82) is 0 Å². The van der Waals surface area contributed by atoms with Gasteiger partial charge in [-0.2, -0.15) is 0 Å². The summed E-state index contributed by atoms with van der Waals surface area (Å²) in [5.41, 5.74) is 3.24. The van der Waals surface area contributed by atoms with Gasteiger partial charge in [0.2, 0.25) is 0 Å². The SMILES string of the molecule is Cc1cc(C(=O)NC2CNCCC2C)c(C)n1C1CCCCC1.Cl. The van der Waals surface area contributed by atoms with E-state index in [1.54, 1.807) is 0 Å². The number of halogens is 1. The van der Waals surface area contributed by atoms with Crippen molar-refractivity contribution < 1.29 is 4.79 Å². The molecular formula is C19H32ClN3O. The zero-order valence-corrected chi connectivity index (χ0v) is 16.0. The molecule has 24 heavy (non-hydrogen) atoms. The van der Waals surface area contributed by atoms with Gasteiger partial charge in [-0.15, -0.1) is 12.4 Å². The van der Waals surface area contributed by atoms with E-state index in [2.05, 4.69) is 42.0 Å². The van der Waals surface area contributed by atoms with Crippen LogP contribution in [0, 0.1) is 19.8 Å². The molecule has 0 spiro atoms. The van der Waals surface area contributed by atoms with Crippen LogP contribution in [0.3, 0.4) is 0 Å². The highest BCUT2D eigenvalue weighted by Crippen LogP contribution is 2.32. The van der Waals surface area contributed by atoms with Crippen molar-refractivity contribution in [3.05, 3.63) is 23.0 Å². The van der Waals surface area contributed by atoms with Gasteiger partial charge in [0.25, 0.3) is 5.91 Å². The summed E-state index contributed by atoms with van der Waals surface area (Å²) < 4.78 is 2.41. The van der Waals surface area contributed by atoms with Crippen LogP contribution in [0.1, 0.15) is 73.2 Å². The van der Waals surface area contributed by atoms with Gasteiger partial charge in [-0.3, -0.25) is 4.79 Å². The molecule has 2 heterocycles. The number of aromatic nitrogens is 1. The van der Waals surface area contributed by atoms with Crippen LogP contribution in [0.4, 0.5) is 0 Å². The zero-order valence-electron chi connectivity index (χ0n) is 15.2. The highest BCUT2D eigenvalue weighted by Gasteiger charge is 2.26. The third kappa shape index (κ3) is 3.97. The van der Waals surface area contributed by atoms with Crippen molar-refractivity contribution in [2.24, 2.45) is 5.92 Å². The van der Waals surface area contributed by atoms with Crippen LogP contribution in [-0.4, -0.2) is 29.6 Å². The van der Waals surface area contributed by atoms with Crippen LogP contribution in [0.2, 0.25) is 0 Å². The van der Waals surface area contributed by atoms with E-state index in [1.165, 1.54) is 37.8 Å². The molecule has 2 aliphatic rings. The molecule has 0 aromatic carbocycles. The fourth-order valence-electron chi connectivity index (χ4n) is 4.34. The van der Waals surface area contributed by atoms with Crippen molar-refractivity contribution in [3.8, 4) is 0 Å². The third-order valence-electron chi connectivity index (χ3n) is 5.81. The van der Waals surface area contributed by atoms with E-state index in [0.29, 0.717) is 12.0 Å². The molecule has 5 heteroatoms. The van der Waals surface area contributed by atoms with Crippen molar-refractivity contribution >= 4 is 18.3 Å². The third-order valence-corrected chi connectivity index (χ3v) is 5.81. The van der Waals surface area contributed by atoms with Gasteiger partial charge in [-0.25, -0.2) is 0 Å². The summed E-state index contributed by atoms with van der Waals surface area (Å²) in [5.74, 6) is 0.641. The number of hydrogen-bond acceptors (Lipinski definition) is 2. The Morgan fingerprint density at radius 2 is 1.92 bits per heavy atom. The number of amides is 1. The standard InChI is InChI=1S/C19H31N3O.ClH/c1-13-9-10-20-12-18(13)21-19(23)17-11-14(2)22(15(17)3)16-7-5-4-6-8-16;/h11,13,16,18,20H,4-10,12H2,1-3H3,(H,21,23);1H. The van der Waals surface area contributed by atoms with E-state index in [4.69, 9.17) is 0 Å². The van der Waals surface area contributed by atoms with Crippen LogP contribution in [0.25, 0.3) is 0 Å². The molecule has 3 rings (SSSR count). The largest absolute Gasteiger partial charge is 0.348 e. The summed E-state index contributed by atoms with van der Waals surface area (Å²) in [7, 11) is 0. The first-order valence-corrected chi connectivity index (χ1v) is 9.28. The highest BCUT2D eigenvalue weighted by atomic mass is 35.5. The fourth-order valence-corrected chi connectivity index (χ4v) is 4.34. The van der Waals surface area contributed by atoms with Crippen LogP contribution in [0.15, 0.2) is 6.07 Å².